The largest absolute Gasteiger partial charge is 0.464 e. The maximum Gasteiger partial charge on any atom is 0.410 e. The summed E-state index contributed by atoms with van der Waals surface area (Å²) in [5.74, 6) is 0.466. The van der Waals surface area contributed by atoms with E-state index in [9.17, 15) is 14.4 Å². The lowest BCUT2D eigenvalue weighted by Gasteiger charge is -2.37. The molecule has 1 atom stereocenters. The minimum Gasteiger partial charge on any atom is -0.464 e. The first-order chi connectivity index (χ1) is 17.7. The van der Waals surface area contributed by atoms with Gasteiger partial charge in [-0.25, -0.2) is 9.59 Å². The molecule has 2 aromatic rings. The van der Waals surface area contributed by atoms with Crippen LogP contribution in [0.15, 0.2) is 10.9 Å². The van der Waals surface area contributed by atoms with E-state index in [2.05, 4.69) is 5.10 Å². The van der Waals surface area contributed by atoms with E-state index in [0.717, 1.165) is 11.3 Å². The highest BCUT2D eigenvalue weighted by Crippen LogP contribution is 2.34. The van der Waals surface area contributed by atoms with E-state index < -0.39 is 11.6 Å². The van der Waals surface area contributed by atoms with E-state index in [0.29, 0.717) is 75.9 Å². The first kappa shape index (κ1) is 25.2. The third-order valence-electron chi connectivity index (χ3n) is 6.79. The molecule has 0 aliphatic carbocycles. The van der Waals surface area contributed by atoms with Gasteiger partial charge < -0.3 is 24.0 Å². The van der Waals surface area contributed by atoms with Gasteiger partial charge in [0.1, 0.15) is 17.3 Å². The lowest BCUT2D eigenvalue weighted by Crippen LogP contribution is -2.51. The number of carbonyl (C=O) groups is 2. The molecule has 3 aliphatic heterocycles. The summed E-state index contributed by atoms with van der Waals surface area (Å²) in [6, 6.07) is -0.583. The van der Waals surface area contributed by atoms with Crippen molar-refractivity contribution in [3.8, 4) is 0 Å². The Balaban J connectivity index is 1.53. The van der Waals surface area contributed by atoms with Gasteiger partial charge in [0.2, 0.25) is 5.78 Å². The summed E-state index contributed by atoms with van der Waals surface area (Å²) in [4.78, 5) is 47.6. The molecule has 0 saturated carbocycles. The predicted molar refractivity (Wildman–Crippen MR) is 135 cm³/mol. The maximum absolute atomic E-state index is 13.8. The van der Waals surface area contributed by atoms with Crippen LogP contribution >= 0.6 is 0 Å². The Kier molecular flexibility index (Phi) is 6.69. The smallest absolute Gasteiger partial charge is 0.410 e. The van der Waals surface area contributed by atoms with Crippen molar-refractivity contribution in [3.05, 3.63) is 27.9 Å². The van der Waals surface area contributed by atoms with Crippen molar-refractivity contribution < 1.29 is 23.8 Å². The predicted octanol–water partition coefficient (Wildman–Crippen LogP) is 1.80. The number of anilines is 1. The van der Waals surface area contributed by atoms with Crippen molar-refractivity contribution in [2.24, 2.45) is 0 Å². The molecule has 5 heterocycles. The first-order valence-electron chi connectivity index (χ1n) is 12.9. The van der Waals surface area contributed by atoms with Gasteiger partial charge in [-0.05, 0) is 52.5 Å². The van der Waals surface area contributed by atoms with Crippen molar-refractivity contribution in [2.75, 3.05) is 50.9 Å². The van der Waals surface area contributed by atoms with Crippen LogP contribution in [0.25, 0.3) is 11.4 Å². The number of aromatic nitrogens is 4. The van der Waals surface area contributed by atoms with Gasteiger partial charge in [0.15, 0.2) is 5.82 Å². The molecular formula is C25H34N6O6. The highest BCUT2D eigenvalue weighted by molar-refractivity contribution is 5.77. The molecule has 0 aromatic carbocycles. The second-order valence-corrected chi connectivity index (χ2v) is 10.4. The van der Waals surface area contributed by atoms with Gasteiger partial charge >= 0.3 is 12.1 Å². The summed E-state index contributed by atoms with van der Waals surface area (Å²) < 4.78 is 19.4. The third-order valence-corrected chi connectivity index (χ3v) is 6.79. The minimum atomic E-state index is -0.583. The molecule has 12 heteroatoms. The standard InChI is InChI=1S/C25H34N6O6/c1-5-36-22(33)18-7-6-17-19(28-10-12-29(13-11-28)24(34)37-25(2,3)4)21(32)31-23(30(17)18)26-20(27-31)16-8-14-35-15-9-16/h8,18H,5-7,9-15H2,1-4H3. The summed E-state index contributed by atoms with van der Waals surface area (Å²) >= 11 is 0. The highest BCUT2D eigenvalue weighted by Gasteiger charge is 2.37. The van der Waals surface area contributed by atoms with Gasteiger partial charge in [0, 0.05) is 26.2 Å². The van der Waals surface area contributed by atoms with Crippen LogP contribution < -0.4 is 10.5 Å². The van der Waals surface area contributed by atoms with E-state index in [1.165, 1.54) is 4.52 Å². The minimum absolute atomic E-state index is 0.269. The van der Waals surface area contributed by atoms with Crippen LogP contribution in [-0.2, 0) is 25.4 Å². The highest BCUT2D eigenvalue weighted by atomic mass is 16.6. The second kappa shape index (κ2) is 9.81. The summed E-state index contributed by atoms with van der Waals surface area (Å²) in [7, 11) is 0. The Hall–Kier alpha value is -3.41. The molecule has 0 spiro atoms. The van der Waals surface area contributed by atoms with Crippen LogP contribution in [0.1, 0.15) is 58.1 Å². The molecule has 3 aliphatic rings. The molecule has 12 nitrogen and oxygen atoms in total. The number of carbonyl (C=O) groups excluding carboxylic acids is 2. The number of esters is 1. The van der Waals surface area contributed by atoms with Crippen LogP contribution in [0.5, 0.6) is 0 Å². The number of hydrogen-bond donors (Lipinski definition) is 0. The van der Waals surface area contributed by atoms with Crippen molar-refractivity contribution in [1.29, 1.82) is 0 Å². The van der Waals surface area contributed by atoms with Gasteiger partial charge in [-0.1, -0.05) is 6.08 Å². The molecule has 1 amide bonds. The van der Waals surface area contributed by atoms with E-state index in [1.807, 2.05) is 36.3 Å². The number of hydrogen-bond acceptors (Lipinski definition) is 9. The summed E-state index contributed by atoms with van der Waals surface area (Å²) in [5, 5.41) is 4.58. The summed E-state index contributed by atoms with van der Waals surface area (Å²) in [6.45, 7) is 10.3. The zero-order chi connectivity index (χ0) is 26.3. The Morgan fingerprint density at radius 1 is 1.16 bits per heavy atom. The number of nitrogens with zero attached hydrogens (tertiary/aromatic N) is 6. The number of ether oxygens (including phenoxy) is 3. The molecule has 37 heavy (non-hydrogen) atoms. The normalized spacial score (nSPS) is 20.1. The van der Waals surface area contributed by atoms with Gasteiger partial charge in [0.05, 0.1) is 25.5 Å². The number of amides is 1. The van der Waals surface area contributed by atoms with E-state index in [1.54, 1.807) is 11.8 Å². The zero-order valence-corrected chi connectivity index (χ0v) is 21.9. The summed E-state index contributed by atoms with van der Waals surface area (Å²) in [6.07, 6.45) is 3.26. The van der Waals surface area contributed by atoms with Gasteiger partial charge in [-0.3, -0.25) is 9.36 Å². The molecule has 1 fully saturated rings. The molecule has 200 valence electrons. The molecule has 5 rings (SSSR count). The monoisotopic (exact) mass is 514 g/mol. The Morgan fingerprint density at radius 3 is 2.57 bits per heavy atom. The van der Waals surface area contributed by atoms with Crippen LogP contribution in [-0.4, -0.2) is 87.7 Å². The third kappa shape index (κ3) is 4.81. The van der Waals surface area contributed by atoms with E-state index in [-0.39, 0.29) is 24.2 Å². The fourth-order valence-electron chi connectivity index (χ4n) is 5.11. The fourth-order valence-corrected chi connectivity index (χ4v) is 5.11. The first-order valence-corrected chi connectivity index (χ1v) is 12.9. The van der Waals surface area contributed by atoms with Crippen molar-refractivity contribution in [1.82, 2.24) is 24.1 Å². The average molecular weight is 515 g/mol. The SMILES string of the molecule is CCOC(=O)C1CCc2c(N3CCN(C(=O)OC(C)(C)C)CC3)c(=O)n3nc(C4=CCOCC4)nc3n21. The molecule has 1 saturated heterocycles. The second-order valence-electron chi connectivity index (χ2n) is 10.4. The molecule has 0 N–H and O–H groups in total. The van der Waals surface area contributed by atoms with Crippen LogP contribution in [0.2, 0.25) is 0 Å². The topological polar surface area (TPSA) is 120 Å². The van der Waals surface area contributed by atoms with Crippen molar-refractivity contribution in [3.63, 3.8) is 0 Å². The van der Waals surface area contributed by atoms with Gasteiger partial charge in [0.25, 0.3) is 5.56 Å². The molecule has 0 bridgehead atoms. The Bertz CT molecular complexity index is 1300. The molecule has 2 aromatic heterocycles. The van der Waals surface area contributed by atoms with Crippen molar-refractivity contribution >= 4 is 29.1 Å². The number of piperazine rings is 1. The fraction of sp³-hybridized carbons (Fsp3) is 0.640. The molecule has 1 unspecified atom stereocenters. The van der Waals surface area contributed by atoms with Crippen LogP contribution in [0.3, 0.4) is 0 Å². The lowest BCUT2D eigenvalue weighted by atomic mass is 10.1. The summed E-state index contributed by atoms with van der Waals surface area (Å²) in [5.41, 5.74) is 1.32. The molecule has 0 radical (unpaired) electrons. The Labute approximate surface area is 214 Å². The van der Waals surface area contributed by atoms with Gasteiger partial charge in [-0.15, -0.1) is 5.10 Å². The Morgan fingerprint density at radius 2 is 1.92 bits per heavy atom. The van der Waals surface area contributed by atoms with Crippen LogP contribution in [0, 0.1) is 0 Å². The number of rotatable bonds is 4. The maximum atomic E-state index is 13.8. The van der Waals surface area contributed by atoms with Crippen LogP contribution in [0.4, 0.5) is 10.5 Å². The molecular weight excluding hydrogens is 480 g/mol. The number of fused-ring (bicyclic) bond motifs is 3. The zero-order valence-electron chi connectivity index (χ0n) is 21.9. The quantitative estimate of drug-likeness (QED) is 0.563. The van der Waals surface area contributed by atoms with Gasteiger partial charge in [-0.2, -0.15) is 9.50 Å². The van der Waals surface area contributed by atoms with Crippen molar-refractivity contribution in [2.45, 2.75) is 58.6 Å². The lowest BCUT2D eigenvalue weighted by molar-refractivity contribution is -0.146. The average Bonchev–Trinajstić information content (AvgIpc) is 3.49. The van der Waals surface area contributed by atoms with E-state index in [4.69, 9.17) is 19.2 Å². The van der Waals surface area contributed by atoms with E-state index >= 15 is 0 Å².